The van der Waals surface area contributed by atoms with Crippen LogP contribution in [0.1, 0.15) is 144 Å². The highest BCUT2D eigenvalue weighted by Crippen LogP contribution is 2.39. The molecule has 4 rings (SSSR count). The molecule has 0 unspecified atom stereocenters. The van der Waals surface area contributed by atoms with E-state index in [0.717, 1.165) is 35.8 Å². The molecule has 4 saturated heterocycles. The molecule has 0 aromatic carbocycles. The van der Waals surface area contributed by atoms with Crippen LogP contribution < -0.4 is 97.8 Å². The van der Waals surface area contributed by atoms with Gasteiger partial charge in [-0.2, -0.15) is 11.8 Å². The SMILES string of the molecule is CC(C)[C@H](NC(=O)[C@@H]1CCCN1C(=O)[C@H](CCC(N)=O)NC(=O)[C@H](CCC(N)=O)NC(=O)[C@H](CCC(N)=O)NC(=O)CNC(=O)CNC(=O)CCCC[C@@H]1SC[C@@H]2NC(=O)N[C@@H]21)C(=O)N[C@H](C(=O)N1CCC[C@H]1C(=O)N[C@@H](CCC(N)=O)C(=O)N[C@H](C(=O)N[C@@H](C)C(=O)N[C@@H](C)C(N)=O)[C@@H](C)O)[C@@H](C)OP(=O)(O)O. The molecule has 0 spiro atoms. The van der Waals surface area contributed by atoms with E-state index in [4.69, 9.17) is 33.2 Å². The molecule has 0 saturated carbocycles. The summed E-state index contributed by atoms with van der Waals surface area (Å²) in [5.41, 5.74) is 26.8. The van der Waals surface area contributed by atoms with E-state index in [1.54, 1.807) is 11.8 Å². The number of aliphatic hydroxyl groups excluding tert-OH is 1. The Kier molecular flexibility index (Phi) is 36.4. The van der Waals surface area contributed by atoms with Crippen molar-refractivity contribution < 1.29 is 115 Å². The Bertz CT molecular complexity index is 3440. The zero-order chi connectivity index (χ0) is 81.9. The van der Waals surface area contributed by atoms with Gasteiger partial charge in [0.15, 0.2) is 0 Å². The van der Waals surface area contributed by atoms with Crippen LogP contribution >= 0.6 is 19.6 Å². The van der Waals surface area contributed by atoms with Crippen LogP contribution in [0.15, 0.2) is 0 Å². The number of primary amides is 5. The number of unbranched alkanes of at least 4 members (excludes halogenated alkanes) is 1. The highest BCUT2D eigenvalue weighted by Gasteiger charge is 2.47. The number of carbonyl (C=O) groups is 19. The zero-order valence-electron chi connectivity index (χ0n) is 61.2. The van der Waals surface area contributed by atoms with E-state index in [0.29, 0.717) is 12.8 Å². The molecule has 4 heterocycles. The summed E-state index contributed by atoms with van der Waals surface area (Å²) in [7, 11) is -5.51. The molecule has 0 bridgehead atoms. The van der Waals surface area contributed by atoms with Gasteiger partial charge in [0.05, 0.1) is 37.4 Å². The lowest BCUT2D eigenvalue weighted by Crippen LogP contribution is -2.63. The fourth-order valence-electron chi connectivity index (χ4n) is 12.2. The van der Waals surface area contributed by atoms with E-state index < -0.39 is 263 Å². The molecule has 4 aliphatic heterocycles. The average Bonchev–Trinajstić information content (AvgIpc) is 1.73. The molecule has 109 heavy (non-hydrogen) atoms. The van der Waals surface area contributed by atoms with Crippen molar-refractivity contribution in [2.75, 3.05) is 31.9 Å². The molecule has 4 fully saturated rings. The smallest absolute Gasteiger partial charge is 0.391 e. The second-order valence-electron chi connectivity index (χ2n) is 27.2. The molecular weight excluding hydrogens is 1480 g/mol. The number of nitrogens with one attached hydrogen (secondary N) is 13. The number of amides is 20. The number of rotatable bonds is 46. The molecule has 20 amide bonds. The Labute approximate surface area is 630 Å². The Hall–Kier alpha value is -9.85. The van der Waals surface area contributed by atoms with Gasteiger partial charge in [-0.15, -0.1) is 0 Å². The predicted molar refractivity (Wildman–Crippen MR) is 380 cm³/mol. The first kappa shape index (κ1) is 91.5. The van der Waals surface area contributed by atoms with Gasteiger partial charge in [0.25, 0.3) is 0 Å². The van der Waals surface area contributed by atoms with E-state index in [1.165, 1.54) is 27.7 Å². The van der Waals surface area contributed by atoms with Crippen molar-refractivity contribution in [2.24, 2.45) is 34.6 Å². The highest BCUT2D eigenvalue weighted by molar-refractivity contribution is 8.00. The molecule has 0 radical (unpaired) electrons. The van der Waals surface area contributed by atoms with Crippen LogP contribution in [0.3, 0.4) is 0 Å². The number of urea groups is 1. The summed E-state index contributed by atoms with van der Waals surface area (Å²) in [5.74, 6) is -18.0. The largest absolute Gasteiger partial charge is 0.469 e. The number of likely N-dealkylation sites (tertiary alicyclic amines) is 2. The third kappa shape index (κ3) is 30.3. The normalized spacial score (nSPS) is 20.3. The zero-order valence-corrected chi connectivity index (χ0v) is 62.9. The van der Waals surface area contributed by atoms with Gasteiger partial charge < -0.3 is 122 Å². The minimum Gasteiger partial charge on any atom is -0.391 e. The minimum absolute atomic E-state index is 0.00262. The first-order valence-corrected chi connectivity index (χ1v) is 38.0. The Balaban J connectivity index is 1.48. The maximum atomic E-state index is 14.7. The second kappa shape index (κ2) is 43.4. The van der Waals surface area contributed by atoms with Gasteiger partial charge in [0.2, 0.25) is 106 Å². The number of hydrogen-bond donors (Lipinski definition) is 21. The quantitative estimate of drug-likeness (QED) is 0.0153. The first-order valence-electron chi connectivity index (χ1n) is 35.4. The summed E-state index contributed by atoms with van der Waals surface area (Å²) in [4.78, 5) is 272. The van der Waals surface area contributed by atoms with Crippen molar-refractivity contribution in [2.45, 2.75) is 240 Å². The Morgan fingerprint density at radius 2 is 0.972 bits per heavy atom. The maximum absolute atomic E-state index is 14.7. The molecule has 26 N–H and O–H groups in total. The molecule has 46 heteroatoms. The van der Waals surface area contributed by atoms with Gasteiger partial charge in [0, 0.05) is 56.2 Å². The second-order valence-corrected chi connectivity index (χ2v) is 29.7. The molecule has 0 aromatic heterocycles. The minimum atomic E-state index is -5.51. The van der Waals surface area contributed by atoms with Crippen LogP contribution in [0, 0.1) is 5.92 Å². The number of fused-ring (bicyclic) bond motifs is 1. The van der Waals surface area contributed by atoms with Gasteiger partial charge in [-0.3, -0.25) is 90.8 Å². The van der Waals surface area contributed by atoms with Crippen LogP contribution in [-0.2, 0) is 95.4 Å². The number of aliphatic hydroxyl groups is 1. The molecule has 4 aliphatic rings. The lowest BCUT2D eigenvalue weighted by atomic mass is 10.0. The molecular formula is C63H103N20O24PS. The number of nitrogens with two attached hydrogens (primary N) is 5. The number of hydrogen-bond acceptors (Lipinski definition) is 23. The number of phosphoric ester groups is 1. The van der Waals surface area contributed by atoms with Crippen LogP contribution in [-0.4, -0.2) is 265 Å². The Morgan fingerprint density at radius 1 is 0.514 bits per heavy atom. The highest BCUT2D eigenvalue weighted by atomic mass is 32.2. The van der Waals surface area contributed by atoms with Crippen molar-refractivity contribution in [3.8, 4) is 0 Å². The van der Waals surface area contributed by atoms with Crippen LogP contribution in [0.25, 0.3) is 0 Å². The van der Waals surface area contributed by atoms with Crippen molar-refractivity contribution in [3.63, 3.8) is 0 Å². The summed E-state index contributed by atoms with van der Waals surface area (Å²) in [6.07, 6.45) is -5.92. The predicted octanol–water partition coefficient (Wildman–Crippen LogP) is -9.59. The van der Waals surface area contributed by atoms with Gasteiger partial charge in [0.1, 0.15) is 66.5 Å². The molecule has 0 aromatic rings. The van der Waals surface area contributed by atoms with Crippen LogP contribution in [0.5, 0.6) is 0 Å². The summed E-state index contributed by atoms with van der Waals surface area (Å²) in [5, 5.41) is 42.4. The van der Waals surface area contributed by atoms with Crippen molar-refractivity contribution in [3.05, 3.63) is 0 Å². The van der Waals surface area contributed by atoms with Gasteiger partial charge in [-0.25, -0.2) is 9.36 Å². The number of thioether (sulfide) groups is 1. The van der Waals surface area contributed by atoms with Crippen molar-refractivity contribution >= 4 is 132 Å². The van der Waals surface area contributed by atoms with Gasteiger partial charge in [-0.05, 0) is 97.8 Å². The molecule has 16 atom stereocenters. The standard InChI is InChI=1S/C63H103N20O24PS/c1-28(2)48(59(99)80-50(32(6)107-108(104,105)106)62(102)83-24-10-11-38(83)57(97)75-35(17-21-43(66)87)56(96)79-49(31(5)84)60(100)72-30(4)53(93)71-29(3)52(68)92)78-58(98)39-12-9-23-82(39)61(101)36(18-22-44(67)88)76-55(95)34(16-20-42(65)86)74-54(94)33(15-19-41(64)85)73-47(91)26-70-46(90)25-69-45(89)14-8-7-13-40-51-37(27-109-40)77-63(103)81-51/h28-40,48-51,84H,7-27H2,1-6H3,(H2,64,85)(H2,65,86)(H2,66,87)(H2,67,88)(H2,68,92)(H,69,89)(H,70,90)(H,71,93)(H,72,100)(H,73,91)(H,74,94)(H,75,97)(H,76,95)(H,78,98)(H,79,96)(H,80,99)(H2,77,81,103)(H2,104,105,106)/t29-,30-,31+,32+,33-,34-,35-,36-,37-,38-,39-,40-,48-,49-,50-,51-/m0/s1. The summed E-state index contributed by atoms with van der Waals surface area (Å²) >= 11 is 1.73. The monoisotopic (exact) mass is 1590 g/mol. The fraction of sp³-hybridized carbons (Fsp3) is 0.698. The third-order valence-corrected chi connectivity index (χ3v) is 20.2. The van der Waals surface area contributed by atoms with Gasteiger partial charge in [-0.1, -0.05) is 20.3 Å². The number of nitrogens with zero attached hydrogens (tertiary/aromatic N) is 2. The van der Waals surface area contributed by atoms with E-state index in [1.807, 2.05) is 0 Å². The van der Waals surface area contributed by atoms with E-state index in [-0.39, 0.29) is 68.6 Å². The van der Waals surface area contributed by atoms with Crippen LogP contribution in [0.4, 0.5) is 4.79 Å². The van der Waals surface area contributed by atoms with Crippen molar-refractivity contribution in [1.29, 1.82) is 0 Å². The molecule has 0 aliphatic carbocycles. The lowest BCUT2D eigenvalue weighted by molar-refractivity contribution is -0.145. The van der Waals surface area contributed by atoms with Gasteiger partial charge >= 0.3 is 13.9 Å². The third-order valence-electron chi connectivity index (χ3n) is 18.1. The molecule has 610 valence electrons. The summed E-state index contributed by atoms with van der Waals surface area (Å²) < 4.78 is 17.2. The maximum Gasteiger partial charge on any atom is 0.469 e. The average molecular weight is 1590 g/mol. The topological polar surface area (TPSA) is 704 Å². The first-order chi connectivity index (χ1) is 51.0. The number of phosphoric acid groups is 1. The fourth-order valence-corrected chi connectivity index (χ4v) is 14.3. The molecule has 44 nitrogen and oxygen atoms in total. The lowest BCUT2D eigenvalue weighted by Gasteiger charge is -2.34. The van der Waals surface area contributed by atoms with E-state index in [9.17, 15) is 111 Å². The van der Waals surface area contributed by atoms with Crippen LogP contribution in [0.2, 0.25) is 0 Å². The van der Waals surface area contributed by atoms with E-state index in [2.05, 4.69) is 69.1 Å². The van der Waals surface area contributed by atoms with Crippen molar-refractivity contribution in [1.82, 2.24) is 78.9 Å². The summed E-state index contributed by atoms with van der Waals surface area (Å²) in [6, 6.07) is -18.1. The summed E-state index contributed by atoms with van der Waals surface area (Å²) in [6.45, 7) is 5.73. The number of carbonyl (C=O) groups excluding carboxylic acids is 19. The van der Waals surface area contributed by atoms with E-state index >= 15 is 0 Å². The Morgan fingerprint density at radius 3 is 1.50 bits per heavy atom.